The highest BCUT2D eigenvalue weighted by atomic mass is 19.4. The molecule has 0 atom stereocenters. The lowest BCUT2D eigenvalue weighted by molar-refractivity contribution is -0.383. The second-order valence-electron chi connectivity index (χ2n) is 8.57. The number of nitro groups is 1. The Balaban J connectivity index is 1.54. The first-order chi connectivity index (χ1) is 18.1. The van der Waals surface area contributed by atoms with Crippen LogP contribution in [0.1, 0.15) is 27.2 Å². The maximum Gasteiger partial charge on any atom is 0.416 e. The number of aromatic nitrogens is 1. The third-order valence-corrected chi connectivity index (χ3v) is 5.82. The number of alkyl halides is 3. The normalized spacial score (nSPS) is 11.2. The molecule has 0 radical (unpaired) electrons. The number of amides is 1. The number of nitrogens with one attached hydrogen (secondary N) is 2. The third-order valence-electron chi connectivity index (χ3n) is 5.82. The molecule has 0 aliphatic heterocycles. The average molecular weight is 521 g/mol. The number of carbonyl (C=O) groups excluding carboxylic acids is 1. The Labute approximate surface area is 216 Å². The second-order valence-corrected chi connectivity index (χ2v) is 8.57. The van der Waals surface area contributed by atoms with Crippen LogP contribution in [-0.2, 0) is 12.6 Å². The number of pyridine rings is 1. The summed E-state index contributed by atoms with van der Waals surface area (Å²) in [5, 5.41) is 17.4. The number of nitrogens with zero attached hydrogens (tertiary/aromatic N) is 2. The molecule has 1 heterocycles. The number of nitro benzene ring substituents is 1. The molecule has 194 valence electrons. The van der Waals surface area contributed by atoms with Crippen LogP contribution in [0.3, 0.4) is 0 Å². The first-order valence-corrected chi connectivity index (χ1v) is 11.6. The van der Waals surface area contributed by atoms with Gasteiger partial charge in [-0.1, -0.05) is 35.9 Å². The first kappa shape index (κ1) is 26.3. The number of halogens is 3. The summed E-state index contributed by atoms with van der Waals surface area (Å²) < 4.78 is 38.9. The number of rotatable bonds is 8. The molecule has 4 rings (SSSR count). The number of carbonyl (C=O) groups is 1. The van der Waals surface area contributed by atoms with Crippen LogP contribution in [0.5, 0.6) is 0 Å². The fourth-order valence-electron chi connectivity index (χ4n) is 3.91. The number of aryl methyl sites for hydroxylation is 1. The maximum atomic E-state index is 13.2. The Hall–Kier alpha value is -4.73. The van der Waals surface area contributed by atoms with Gasteiger partial charge in [-0.25, -0.2) is 0 Å². The summed E-state index contributed by atoms with van der Waals surface area (Å²) in [5.74, 6) is -0.551. The van der Waals surface area contributed by atoms with Crippen LogP contribution < -0.4 is 10.6 Å². The van der Waals surface area contributed by atoms with E-state index in [0.29, 0.717) is 29.8 Å². The summed E-state index contributed by atoms with van der Waals surface area (Å²) in [7, 11) is 0. The van der Waals surface area contributed by atoms with Gasteiger partial charge in [-0.2, -0.15) is 13.2 Å². The van der Waals surface area contributed by atoms with Crippen molar-refractivity contribution in [2.45, 2.75) is 19.5 Å². The van der Waals surface area contributed by atoms with E-state index in [1.54, 1.807) is 43.5 Å². The number of benzene rings is 3. The van der Waals surface area contributed by atoms with Gasteiger partial charge in [0.25, 0.3) is 11.6 Å². The van der Waals surface area contributed by atoms with E-state index in [1.807, 2.05) is 12.1 Å². The molecule has 10 heteroatoms. The largest absolute Gasteiger partial charge is 0.416 e. The van der Waals surface area contributed by atoms with Crippen molar-refractivity contribution in [1.82, 2.24) is 4.98 Å². The van der Waals surface area contributed by atoms with Gasteiger partial charge >= 0.3 is 6.18 Å². The summed E-state index contributed by atoms with van der Waals surface area (Å²) in [6, 6.07) is 19.4. The smallest absolute Gasteiger partial charge is 0.379 e. The van der Waals surface area contributed by atoms with Crippen molar-refractivity contribution in [2.24, 2.45) is 0 Å². The summed E-state index contributed by atoms with van der Waals surface area (Å²) in [5.41, 5.74) is 2.25. The number of hydrogen-bond acceptors (Lipinski definition) is 5. The predicted molar refractivity (Wildman–Crippen MR) is 139 cm³/mol. The summed E-state index contributed by atoms with van der Waals surface area (Å²) in [4.78, 5) is 28.5. The van der Waals surface area contributed by atoms with Gasteiger partial charge in [0.1, 0.15) is 5.69 Å². The van der Waals surface area contributed by atoms with E-state index in [1.165, 1.54) is 24.3 Å². The van der Waals surface area contributed by atoms with Crippen LogP contribution in [-0.4, -0.2) is 22.4 Å². The van der Waals surface area contributed by atoms with E-state index >= 15 is 0 Å². The monoisotopic (exact) mass is 520 g/mol. The van der Waals surface area contributed by atoms with E-state index < -0.39 is 22.6 Å². The summed E-state index contributed by atoms with van der Waals surface area (Å²) in [6.45, 7) is 2.22. The molecule has 0 saturated heterocycles. The molecular formula is C28H23F3N4O3. The zero-order chi connectivity index (χ0) is 27.3. The molecule has 0 aliphatic carbocycles. The van der Waals surface area contributed by atoms with E-state index in [2.05, 4.69) is 15.6 Å². The van der Waals surface area contributed by atoms with Crippen molar-refractivity contribution in [2.75, 3.05) is 17.2 Å². The zero-order valence-corrected chi connectivity index (χ0v) is 20.3. The van der Waals surface area contributed by atoms with Crippen molar-refractivity contribution in [3.05, 3.63) is 118 Å². The second kappa shape index (κ2) is 11.1. The fourth-order valence-corrected chi connectivity index (χ4v) is 3.91. The van der Waals surface area contributed by atoms with E-state index in [9.17, 15) is 28.1 Å². The Morgan fingerprint density at radius 2 is 1.76 bits per heavy atom. The standard InChI is InChI=1S/C28H23F3N4O3/c1-18-5-11-23(24(16-18)19-6-8-20(9-7-19)28(29,30)31)27(36)34-22-10-12-25(26(17-22)35(37)38)33-15-13-21-4-2-3-14-32-21/h2-12,14,16-17,33H,13,15H2,1H3,(H,34,36). The zero-order valence-electron chi connectivity index (χ0n) is 20.3. The lowest BCUT2D eigenvalue weighted by Crippen LogP contribution is -2.14. The van der Waals surface area contributed by atoms with Gasteiger partial charge in [0.15, 0.2) is 0 Å². The third kappa shape index (κ3) is 6.33. The Morgan fingerprint density at radius 1 is 1.00 bits per heavy atom. The summed E-state index contributed by atoms with van der Waals surface area (Å²) >= 11 is 0. The number of anilines is 2. The molecule has 0 spiro atoms. The van der Waals surface area contributed by atoms with Crippen LogP contribution >= 0.6 is 0 Å². The lowest BCUT2D eigenvalue weighted by atomic mass is 9.96. The maximum absolute atomic E-state index is 13.2. The quantitative estimate of drug-likeness (QED) is 0.195. The van der Waals surface area contributed by atoms with Crippen LogP contribution in [0, 0.1) is 17.0 Å². The predicted octanol–water partition coefficient (Wildman–Crippen LogP) is 6.89. The molecule has 4 aromatic rings. The lowest BCUT2D eigenvalue weighted by Gasteiger charge is -2.14. The van der Waals surface area contributed by atoms with Crippen LogP contribution in [0.25, 0.3) is 11.1 Å². The van der Waals surface area contributed by atoms with E-state index in [-0.39, 0.29) is 16.9 Å². The Bertz CT molecular complexity index is 1460. The van der Waals surface area contributed by atoms with Crippen molar-refractivity contribution >= 4 is 23.0 Å². The SMILES string of the molecule is Cc1ccc(C(=O)Nc2ccc(NCCc3ccccn3)c([N+](=O)[O-])c2)c(-c2ccc(C(F)(F)F)cc2)c1. The molecule has 7 nitrogen and oxygen atoms in total. The molecule has 1 amide bonds. The minimum atomic E-state index is -4.47. The molecule has 0 fully saturated rings. The van der Waals surface area contributed by atoms with Gasteiger partial charge in [-0.15, -0.1) is 0 Å². The molecule has 2 N–H and O–H groups in total. The topological polar surface area (TPSA) is 97.2 Å². The Morgan fingerprint density at radius 3 is 2.42 bits per heavy atom. The highest BCUT2D eigenvalue weighted by molar-refractivity contribution is 6.09. The highest BCUT2D eigenvalue weighted by Gasteiger charge is 2.30. The molecule has 38 heavy (non-hydrogen) atoms. The van der Waals surface area contributed by atoms with Crippen molar-refractivity contribution in [3.8, 4) is 11.1 Å². The van der Waals surface area contributed by atoms with Gasteiger partial charge < -0.3 is 10.6 Å². The van der Waals surface area contributed by atoms with Crippen LogP contribution in [0.4, 0.5) is 30.2 Å². The fraction of sp³-hybridized carbons (Fsp3) is 0.143. The first-order valence-electron chi connectivity index (χ1n) is 11.6. The Kier molecular flexibility index (Phi) is 7.71. The molecule has 0 aliphatic rings. The number of hydrogen-bond donors (Lipinski definition) is 2. The molecule has 0 bridgehead atoms. The average Bonchev–Trinajstić information content (AvgIpc) is 2.89. The van der Waals surface area contributed by atoms with Crippen LogP contribution in [0.2, 0.25) is 0 Å². The minimum absolute atomic E-state index is 0.205. The molecule has 0 unspecified atom stereocenters. The van der Waals surface area contributed by atoms with Crippen LogP contribution in [0.15, 0.2) is 85.1 Å². The van der Waals surface area contributed by atoms with Gasteiger partial charge in [0.05, 0.1) is 10.5 Å². The highest BCUT2D eigenvalue weighted by Crippen LogP contribution is 2.33. The molecule has 0 saturated carbocycles. The van der Waals surface area contributed by atoms with Gasteiger partial charge in [0.2, 0.25) is 0 Å². The van der Waals surface area contributed by atoms with E-state index in [4.69, 9.17) is 0 Å². The van der Waals surface area contributed by atoms with Crippen molar-refractivity contribution < 1.29 is 22.9 Å². The van der Waals surface area contributed by atoms with Crippen molar-refractivity contribution in [3.63, 3.8) is 0 Å². The molecule has 3 aromatic carbocycles. The van der Waals surface area contributed by atoms with Gasteiger partial charge in [-0.05, 0) is 60.5 Å². The molecular weight excluding hydrogens is 497 g/mol. The molecule has 1 aromatic heterocycles. The van der Waals surface area contributed by atoms with Crippen molar-refractivity contribution in [1.29, 1.82) is 0 Å². The van der Waals surface area contributed by atoms with Gasteiger partial charge in [0, 0.05) is 42.2 Å². The van der Waals surface area contributed by atoms with Gasteiger partial charge in [-0.3, -0.25) is 19.9 Å². The minimum Gasteiger partial charge on any atom is -0.379 e. The van der Waals surface area contributed by atoms with E-state index in [0.717, 1.165) is 23.4 Å². The summed E-state index contributed by atoms with van der Waals surface area (Å²) in [6.07, 6.45) is -2.23.